The van der Waals surface area contributed by atoms with Crippen LogP contribution >= 0.6 is 0 Å². The van der Waals surface area contributed by atoms with E-state index in [9.17, 15) is 4.79 Å². The summed E-state index contributed by atoms with van der Waals surface area (Å²) in [5, 5.41) is 3.11. The third-order valence-corrected chi connectivity index (χ3v) is 4.97. The van der Waals surface area contributed by atoms with Gasteiger partial charge in [0.25, 0.3) is 0 Å². The number of benzene rings is 1. The second kappa shape index (κ2) is 8.68. The first-order chi connectivity index (χ1) is 12.1. The predicted molar refractivity (Wildman–Crippen MR) is 98.0 cm³/mol. The number of rotatable bonds is 6. The molecule has 0 saturated carbocycles. The summed E-state index contributed by atoms with van der Waals surface area (Å²) < 4.78 is 11.4. The zero-order valence-corrected chi connectivity index (χ0v) is 15.4. The highest BCUT2D eigenvalue weighted by atomic mass is 16.5. The Kier molecular flexibility index (Phi) is 6.32. The fraction of sp³-hybridized carbons (Fsp3) is 0.650. The van der Waals surface area contributed by atoms with Crippen LogP contribution in [-0.2, 0) is 9.53 Å². The highest BCUT2D eigenvalue weighted by Crippen LogP contribution is 2.33. The van der Waals surface area contributed by atoms with E-state index in [4.69, 9.17) is 9.47 Å². The lowest BCUT2D eigenvalue weighted by Crippen LogP contribution is -2.45. The van der Waals surface area contributed by atoms with E-state index in [-0.39, 0.29) is 11.8 Å². The summed E-state index contributed by atoms with van der Waals surface area (Å²) in [6.07, 6.45) is 3.50. The summed E-state index contributed by atoms with van der Waals surface area (Å²) in [5.74, 6) is 0.903. The topological polar surface area (TPSA) is 50.8 Å². The first kappa shape index (κ1) is 18.2. The van der Waals surface area contributed by atoms with Crippen LogP contribution < -0.4 is 10.1 Å². The van der Waals surface area contributed by atoms with Gasteiger partial charge in [-0.3, -0.25) is 9.69 Å². The normalized spacial score (nSPS) is 26.6. The van der Waals surface area contributed by atoms with Gasteiger partial charge in [-0.05, 0) is 45.7 Å². The number of hydrogen-bond acceptors (Lipinski definition) is 4. The Labute approximate surface area is 150 Å². The zero-order chi connectivity index (χ0) is 17.6. The van der Waals surface area contributed by atoms with Crippen LogP contribution in [0.25, 0.3) is 0 Å². The molecule has 5 heteroatoms. The fourth-order valence-corrected chi connectivity index (χ4v) is 3.88. The maximum Gasteiger partial charge on any atom is 0.227 e. The number of para-hydroxylation sites is 1. The van der Waals surface area contributed by atoms with Gasteiger partial charge in [0.05, 0.1) is 24.7 Å². The second-order valence-corrected chi connectivity index (χ2v) is 7.24. The van der Waals surface area contributed by atoms with E-state index in [1.165, 1.54) is 0 Å². The smallest absolute Gasteiger partial charge is 0.227 e. The average Bonchev–Trinajstić information content (AvgIpc) is 2.60. The van der Waals surface area contributed by atoms with Gasteiger partial charge in [-0.2, -0.15) is 0 Å². The molecule has 2 aliphatic heterocycles. The van der Waals surface area contributed by atoms with Crippen molar-refractivity contribution < 1.29 is 14.3 Å². The standard InChI is InChI=1S/C20H30N2O3/c1-15-13-22(14-16(2)25-15)11-6-5-10-21-20(23)18-9-12-24-19-8-4-3-7-17(18)19/h3-4,7-8,15-16,18H,5-6,9-14H2,1-2H3,(H,21,23). The van der Waals surface area contributed by atoms with Gasteiger partial charge < -0.3 is 14.8 Å². The predicted octanol–water partition coefficient (Wildman–Crippen LogP) is 2.56. The van der Waals surface area contributed by atoms with Crippen LogP contribution in [0, 0.1) is 0 Å². The molecule has 2 aliphatic rings. The monoisotopic (exact) mass is 346 g/mol. The van der Waals surface area contributed by atoms with E-state index in [1.807, 2.05) is 24.3 Å². The minimum Gasteiger partial charge on any atom is -0.493 e. The number of carbonyl (C=O) groups is 1. The van der Waals surface area contributed by atoms with E-state index in [1.54, 1.807) is 0 Å². The SMILES string of the molecule is CC1CN(CCCCNC(=O)C2CCOc3ccccc32)CC(C)O1. The molecule has 0 radical (unpaired) electrons. The molecular weight excluding hydrogens is 316 g/mol. The van der Waals surface area contributed by atoms with E-state index >= 15 is 0 Å². The van der Waals surface area contributed by atoms with Gasteiger partial charge in [0.1, 0.15) is 5.75 Å². The van der Waals surface area contributed by atoms with Gasteiger partial charge in [-0.1, -0.05) is 18.2 Å². The Morgan fingerprint density at radius 3 is 2.76 bits per heavy atom. The summed E-state index contributed by atoms with van der Waals surface area (Å²) >= 11 is 0. The Morgan fingerprint density at radius 2 is 1.96 bits per heavy atom. The molecule has 1 aromatic rings. The number of ether oxygens (including phenoxy) is 2. The number of carbonyl (C=O) groups excluding carboxylic acids is 1. The highest BCUT2D eigenvalue weighted by Gasteiger charge is 2.27. The van der Waals surface area contributed by atoms with Crippen molar-refractivity contribution in [2.45, 2.75) is 51.2 Å². The van der Waals surface area contributed by atoms with Crippen molar-refractivity contribution in [2.24, 2.45) is 0 Å². The van der Waals surface area contributed by atoms with Crippen molar-refractivity contribution in [1.29, 1.82) is 0 Å². The molecule has 3 unspecified atom stereocenters. The van der Waals surface area contributed by atoms with Crippen LogP contribution in [-0.4, -0.2) is 55.8 Å². The number of nitrogens with one attached hydrogen (secondary N) is 1. The maximum absolute atomic E-state index is 12.5. The molecule has 2 heterocycles. The van der Waals surface area contributed by atoms with Gasteiger partial charge in [0.2, 0.25) is 5.91 Å². The molecule has 0 aromatic heterocycles. The summed E-state index contributed by atoms with van der Waals surface area (Å²) in [4.78, 5) is 15.0. The Balaban J connectivity index is 1.38. The van der Waals surface area contributed by atoms with E-state index < -0.39 is 0 Å². The Bertz CT molecular complexity index is 568. The van der Waals surface area contributed by atoms with E-state index in [2.05, 4.69) is 24.1 Å². The van der Waals surface area contributed by atoms with Crippen molar-refractivity contribution >= 4 is 5.91 Å². The van der Waals surface area contributed by atoms with Crippen LogP contribution in [0.15, 0.2) is 24.3 Å². The number of nitrogens with zero attached hydrogens (tertiary/aromatic N) is 1. The van der Waals surface area contributed by atoms with Crippen LogP contribution in [0.2, 0.25) is 0 Å². The lowest BCUT2D eigenvalue weighted by Gasteiger charge is -2.35. The summed E-state index contributed by atoms with van der Waals surface area (Å²) in [6.45, 7) is 8.72. The second-order valence-electron chi connectivity index (χ2n) is 7.24. The lowest BCUT2D eigenvalue weighted by atomic mass is 9.92. The number of fused-ring (bicyclic) bond motifs is 1. The highest BCUT2D eigenvalue weighted by molar-refractivity contribution is 5.84. The third kappa shape index (κ3) is 4.95. The first-order valence-corrected chi connectivity index (χ1v) is 9.50. The van der Waals surface area contributed by atoms with Crippen molar-refractivity contribution in [1.82, 2.24) is 10.2 Å². The van der Waals surface area contributed by atoms with Gasteiger partial charge in [-0.15, -0.1) is 0 Å². The van der Waals surface area contributed by atoms with E-state index in [0.717, 1.165) is 56.8 Å². The van der Waals surface area contributed by atoms with E-state index in [0.29, 0.717) is 18.8 Å². The quantitative estimate of drug-likeness (QED) is 0.805. The van der Waals surface area contributed by atoms with Crippen molar-refractivity contribution in [3.8, 4) is 5.75 Å². The molecule has 25 heavy (non-hydrogen) atoms. The maximum atomic E-state index is 12.5. The third-order valence-electron chi connectivity index (χ3n) is 4.97. The van der Waals surface area contributed by atoms with Crippen LogP contribution in [0.3, 0.4) is 0 Å². The number of amides is 1. The number of hydrogen-bond donors (Lipinski definition) is 1. The van der Waals surface area contributed by atoms with Crippen LogP contribution in [0.5, 0.6) is 5.75 Å². The molecule has 1 fully saturated rings. The molecule has 5 nitrogen and oxygen atoms in total. The average molecular weight is 346 g/mol. The number of unbranched alkanes of at least 4 members (excludes halogenated alkanes) is 1. The van der Waals surface area contributed by atoms with Crippen molar-refractivity contribution in [3.05, 3.63) is 29.8 Å². The molecule has 1 amide bonds. The molecule has 1 saturated heterocycles. The van der Waals surface area contributed by atoms with Crippen LogP contribution in [0.4, 0.5) is 0 Å². The molecule has 3 rings (SSSR count). The minimum atomic E-state index is -0.0779. The molecular formula is C20H30N2O3. The Hall–Kier alpha value is -1.59. The van der Waals surface area contributed by atoms with Gasteiger partial charge in [0.15, 0.2) is 0 Å². The number of morpholine rings is 1. The molecule has 0 aliphatic carbocycles. The zero-order valence-electron chi connectivity index (χ0n) is 15.4. The lowest BCUT2D eigenvalue weighted by molar-refractivity contribution is -0.123. The van der Waals surface area contributed by atoms with Gasteiger partial charge in [-0.25, -0.2) is 0 Å². The molecule has 3 atom stereocenters. The van der Waals surface area contributed by atoms with Gasteiger partial charge in [0, 0.05) is 25.2 Å². The molecule has 1 aromatic carbocycles. The van der Waals surface area contributed by atoms with Gasteiger partial charge >= 0.3 is 0 Å². The fourth-order valence-electron chi connectivity index (χ4n) is 3.88. The largest absolute Gasteiger partial charge is 0.493 e. The molecule has 0 bridgehead atoms. The molecule has 138 valence electrons. The summed E-state index contributed by atoms with van der Waals surface area (Å²) in [5.41, 5.74) is 1.02. The molecule has 1 N–H and O–H groups in total. The Morgan fingerprint density at radius 1 is 1.20 bits per heavy atom. The molecule has 0 spiro atoms. The van der Waals surface area contributed by atoms with Crippen LogP contribution in [0.1, 0.15) is 44.6 Å². The first-order valence-electron chi connectivity index (χ1n) is 9.50. The summed E-state index contributed by atoms with van der Waals surface area (Å²) in [6, 6.07) is 7.86. The van der Waals surface area contributed by atoms with Crippen molar-refractivity contribution in [2.75, 3.05) is 32.8 Å². The summed E-state index contributed by atoms with van der Waals surface area (Å²) in [7, 11) is 0. The van der Waals surface area contributed by atoms with Crippen molar-refractivity contribution in [3.63, 3.8) is 0 Å². The minimum absolute atomic E-state index is 0.0779.